The molecule has 1 saturated carbocycles. The number of hydrogen-bond acceptors (Lipinski definition) is 3. The number of carboxylic acids is 1. The molecule has 0 aromatic heterocycles. The van der Waals surface area contributed by atoms with Gasteiger partial charge in [0.15, 0.2) is 0 Å². The van der Waals surface area contributed by atoms with Gasteiger partial charge < -0.3 is 15.7 Å². The van der Waals surface area contributed by atoms with Gasteiger partial charge in [0.05, 0.1) is 5.92 Å². The van der Waals surface area contributed by atoms with E-state index in [0.29, 0.717) is 12.3 Å². The van der Waals surface area contributed by atoms with Gasteiger partial charge in [-0.25, -0.2) is 0 Å². The average molecular weight is 268 g/mol. The first-order valence-corrected chi connectivity index (χ1v) is 7.34. The molecule has 0 radical (unpaired) electrons. The highest BCUT2D eigenvalue weighted by Crippen LogP contribution is 2.28. The van der Waals surface area contributed by atoms with Crippen molar-refractivity contribution in [3.05, 3.63) is 0 Å². The second kappa shape index (κ2) is 6.37. The Balaban J connectivity index is 1.86. The Morgan fingerprint density at radius 2 is 2.00 bits per heavy atom. The molecule has 3 atom stereocenters. The number of nitrogens with two attached hydrogens (primary N) is 1. The normalized spacial score (nSPS) is 31.4. The van der Waals surface area contributed by atoms with E-state index in [-0.39, 0.29) is 24.3 Å². The molecule has 1 aliphatic heterocycles. The quantitative estimate of drug-likeness (QED) is 0.803. The van der Waals surface area contributed by atoms with E-state index in [1.807, 2.05) is 4.90 Å². The summed E-state index contributed by atoms with van der Waals surface area (Å²) >= 11 is 0. The van der Waals surface area contributed by atoms with E-state index < -0.39 is 5.97 Å². The Bertz CT molecular complexity index is 346. The number of amides is 1. The summed E-state index contributed by atoms with van der Waals surface area (Å²) in [6.45, 7) is 1.53. The molecule has 1 heterocycles. The third-order valence-corrected chi connectivity index (χ3v) is 4.48. The summed E-state index contributed by atoms with van der Waals surface area (Å²) in [5, 5.41) is 8.73. The van der Waals surface area contributed by atoms with Crippen LogP contribution in [0, 0.1) is 11.8 Å². The number of aliphatic carboxylic acids is 1. The van der Waals surface area contributed by atoms with Crippen LogP contribution in [0.3, 0.4) is 0 Å². The SMILES string of the molecule is NC1CCCC1C(=O)N1CCCC(CCC(=O)O)C1. The predicted octanol–water partition coefficient (Wildman–Crippen LogP) is 1.22. The Labute approximate surface area is 114 Å². The Kier molecular flexibility index (Phi) is 4.80. The van der Waals surface area contributed by atoms with Crippen LogP contribution in [-0.2, 0) is 9.59 Å². The van der Waals surface area contributed by atoms with Crippen molar-refractivity contribution in [2.24, 2.45) is 17.6 Å². The number of likely N-dealkylation sites (tertiary alicyclic amines) is 1. The van der Waals surface area contributed by atoms with Gasteiger partial charge in [-0.05, 0) is 38.0 Å². The molecule has 5 heteroatoms. The fraction of sp³-hybridized carbons (Fsp3) is 0.857. The van der Waals surface area contributed by atoms with Gasteiger partial charge in [-0.1, -0.05) is 6.42 Å². The van der Waals surface area contributed by atoms with E-state index in [1.54, 1.807) is 0 Å². The van der Waals surface area contributed by atoms with Crippen LogP contribution in [0.1, 0.15) is 44.9 Å². The minimum atomic E-state index is -0.749. The van der Waals surface area contributed by atoms with Gasteiger partial charge in [-0.15, -0.1) is 0 Å². The fourth-order valence-corrected chi connectivity index (χ4v) is 3.36. The highest BCUT2D eigenvalue weighted by atomic mass is 16.4. The van der Waals surface area contributed by atoms with Crippen molar-refractivity contribution < 1.29 is 14.7 Å². The van der Waals surface area contributed by atoms with Crippen molar-refractivity contribution >= 4 is 11.9 Å². The monoisotopic (exact) mass is 268 g/mol. The van der Waals surface area contributed by atoms with Crippen LogP contribution in [0.2, 0.25) is 0 Å². The molecule has 108 valence electrons. The number of piperidine rings is 1. The van der Waals surface area contributed by atoms with Crippen LogP contribution in [0.4, 0.5) is 0 Å². The summed E-state index contributed by atoms with van der Waals surface area (Å²) in [6.07, 6.45) is 5.81. The van der Waals surface area contributed by atoms with E-state index in [9.17, 15) is 9.59 Å². The molecule has 1 saturated heterocycles. The first kappa shape index (κ1) is 14.3. The molecule has 3 N–H and O–H groups in total. The zero-order valence-electron chi connectivity index (χ0n) is 11.4. The molecule has 0 bridgehead atoms. The Morgan fingerprint density at radius 3 is 2.63 bits per heavy atom. The molecule has 19 heavy (non-hydrogen) atoms. The molecule has 1 aliphatic carbocycles. The largest absolute Gasteiger partial charge is 0.481 e. The molecule has 2 fully saturated rings. The van der Waals surface area contributed by atoms with Crippen molar-refractivity contribution in [3.8, 4) is 0 Å². The fourth-order valence-electron chi connectivity index (χ4n) is 3.36. The second-order valence-electron chi connectivity index (χ2n) is 5.93. The van der Waals surface area contributed by atoms with Gasteiger partial charge in [0.2, 0.25) is 5.91 Å². The zero-order chi connectivity index (χ0) is 13.8. The zero-order valence-corrected chi connectivity index (χ0v) is 11.4. The number of carboxylic acid groups (broad SMARTS) is 1. The molecular formula is C14H24N2O3. The van der Waals surface area contributed by atoms with E-state index in [2.05, 4.69) is 0 Å². The van der Waals surface area contributed by atoms with Crippen molar-refractivity contribution in [1.82, 2.24) is 4.90 Å². The van der Waals surface area contributed by atoms with Crippen molar-refractivity contribution in [2.45, 2.75) is 51.0 Å². The summed E-state index contributed by atoms with van der Waals surface area (Å²) in [5.41, 5.74) is 5.99. The maximum atomic E-state index is 12.4. The highest BCUT2D eigenvalue weighted by Gasteiger charge is 2.35. The molecule has 5 nitrogen and oxygen atoms in total. The predicted molar refractivity (Wildman–Crippen MR) is 71.5 cm³/mol. The summed E-state index contributed by atoms with van der Waals surface area (Å²) in [6, 6.07) is 0.0203. The molecule has 2 rings (SSSR count). The van der Waals surface area contributed by atoms with E-state index in [4.69, 9.17) is 10.8 Å². The van der Waals surface area contributed by atoms with Gasteiger partial charge in [-0.2, -0.15) is 0 Å². The minimum Gasteiger partial charge on any atom is -0.481 e. The van der Waals surface area contributed by atoms with E-state index in [0.717, 1.165) is 45.2 Å². The van der Waals surface area contributed by atoms with Gasteiger partial charge in [0.1, 0.15) is 0 Å². The lowest BCUT2D eigenvalue weighted by molar-refractivity contribution is -0.138. The lowest BCUT2D eigenvalue weighted by Crippen LogP contribution is -2.46. The number of nitrogens with zero attached hydrogens (tertiary/aromatic N) is 1. The molecular weight excluding hydrogens is 244 g/mol. The lowest BCUT2D eigenvalue weighted by Gasteiger charge is -2.35. The molecule has 0 aromatic carbocycles. The topological polar surface area (TPSA) is 83.6 Å². The van der Waals surface area contributed by atoms with Crippen LogP contribution in [-0.4, -0.2) is 41.0 Å². The number of carbonyl (C=O) groups excluding carboxylic acids is 1. The lowest BCUT2D eigenvalue weighted by atomic mass is 9.92. The van der Waals surface area contributed by atoms with Crippen LogP contribution >= 0.6 is 0 Å². The van der Waals surface area contributed by atoms with Gasteiger partial charge in [0.25, 0.3) is 0 Å². The first-order chi connectivity index (χ1) is 9.08. The van der Waals surface area contributed by atoms with Crippen molar-refractivity contribution in [1.29, 1.82) is 0 Å². The summed E-state index contributed by atoms with van der Waals surface area (Å²) in [5.74, 6) is -0.212. The summed E-state index contributed by atoms with van der Waals surface area (Å²) < 4.78 is 0. The number of carbonyl (C=O) groups is 2. The smallest absolute Gasteiger partial charge is 0.303 e. The minimum absolute atomic E-state index is 0.00164. The summed E-state index contributed by atoms with van der Waals surface area (Å²) in [4.78, 5) is 25.0. The standard InChI is InChI=1S/C14H24N2O3/c15-12-5-1-4-11(12)14(19)16-8-2-3-10(9-16)6-7-13(17)18/h10-12H,1-9,15H2,(H,17,18). The van der Waals surface area contributed by atoms with Crippen molar-refractivity contribution in [3.63, 3.8) is 0 Å². The van der Waals surface area contributed by atoms with Crippen LogP contribution in [0.15, 0.2) is 0 Å². The highest BCUT2D eigenvalue weighted by molar-refractivity contribution is 5.80. The van der Waals surface area contributed by atoms with Gasteiger partial charge in [-0.3, -0.25) is 9.59 Å². The Hall–Kier alpha value is -1.10. The van der Waals surface area contributed by atoms with E-state index in [1.165, 1.54) is 0 Å². The third-order valence-electron chi connectivity index (χ3n) is 4.48. The van der Waals surface area contributed by atoms with Gasteiger partial charge in [0, 0.05) is 25.6 Å². The van der Waals surface area contributed by atoms with Gasteiger partial charge >= 0.3 is 5.97 Å². The van der Waals surface area contributed by atoms with Crippen LogP contribution in [0.5, 0.6) is 0 Å². The summed E-state index contributed by atoms with van der Waals surface area (Å²) in [7, 11) is 0. The average Bonchev–Trinajstić information content (AvgIpc) is 2.82. The molecule has 2 aliphatic rings. The maximum absolute atomic E-state index is 12.4. The number of hydrogen-bond donors (Lipinski definition) is 2. The van der Waals surface area contributed by atoms with Crippen molar-refractivity contribution in [2.75, 3.05) is 13.1 Å². The Morgan fingerprint density at radius 1 is 1.21 bits per heavy atom. The molecule has 0 spiro atoms. The maximum Gasteiger partial charge on any atom is 0.303 e. The third kappa shape index (κ3) is 3.69. The van der Waals surface area contributed by atoms with E-state index >= 15 is 0 Å². The number of rotatable bonds is 4. The first-order valence-electron chi connectivity index (χ1n) is 7.34. The molecule has 3 unspecified atom stereocenters. The van der Waals surface area contributed by atoms with Crippen LogP contribution in [0.25, 0.3) is 0 Å². The molecule has 0 aromatic rings. The molecule has 1 amide bonds. The second-order valence-corrected chi connectivity index (χ2v) is 5.93. The van der Waals surface area contributed by atoms with Crippen LogP contribution < -0.4 is 5.73 Å².